The first kappa shape index (κ1) is 29.1. The summed E-state index contributed by atoms with van der Waals surface area (Å²) in [5.41, 5.74) is 13.1. The number of para-hydroxylation sites is 2. The van der Waals surface area contributed by atoms with E-state index in [1.54, 1.807) is 0 Å². The van der Waals surface area contributed by atoms with E-state index in [-0.39, 0.29) is 0 Å². The Labute approximate surface area is 295 Å². The second-order valence-electron chi connectivity index (χ2n) is 13.0. The van der Waals surface area contributed by atoms with Gasteiger partial charge in [-0.25, -0.2) is 0 Å². The molecule has 10 aromatic rings. The zero-order valence-electron chi connectivity index (χ0n) is 27.8. The fourth-order valence-corrected chi connectivity index (χ4v) is 7.64. The van der Waals surface area contributed by atoms with Crippen LogP contribution in [0.3, 0.4) is 0 Å². The van der Waals surface area contributed by atoms with E-state index in [9.17, 15) is 0 Å². The molecule has 0 saturated carbocycles. The fourth-order valence-electron chi connectivity index (χ4n) is 7.64. The Kier molecular flexibility index (Phi) is 6.81. The van der Waals surface area contributed by atoms with E-state index in [1.807, 2.05) is 0 Å². The summed E-state index contributed by atoms with van der Waals surface area (Å²) in [6.45, 7) is 0. The van der Waals surface area contributed by atoms with Gasteiger partial charge in [-0.15, -0.1) is 0 Å². The molecule has 2 heterocycles. The van der Waals surface area contributed by atoms with Crippen LogP contribution in [-0.2, 0) is 0 Å². The number of hydrogen-bond donors (Lipinski definition) is 0. The fraction of sp³-hybridized carbons (Fsp3) is 0. The summed E-state index contributed by atoms with van der Waals surface area (Å²) in [6.07, 6.45) is 0. The van der Waals surface area contributed by atoms with Gasteiger partial charge in [0, 0.05) is 50.4 Å². The van der Waals surface area contributed by atoms with Crippen molar-refractivity contribution in [3.8, 4) is 27.9 Å². The summed E-state index contributed by atoms with van der Waals surface area (Å²) in [5, 5.41) is 4.67. The van der Waals surface area contributed by atoms with Crippen LogP contribution in [0.5, 0.6) is 0 Å². The lowest BCUT2D eigenvalue weighted by Crippen LogP contribution is -2.10. The van der Waals surface area contributed by atoms with Crippen molar-refractivity contribution < 1.29 is 4.42 Å². The van der Waals surface area contributed by atoms with E-state index < -0.39 is 0 Å². The molecular formula is C48H32N2O. The summed E-state index contributed by atoms with van der Waals surface area (Å²) in [5.74, 6) is 0. The van der Waals surface area contributed by atoms with Gasteiger partial charge in [0.25, 0.3) is 0 Å². The van der Waals surface area contributed by atoms with Crippen LogP contribution in [0.15, 0.2) is 199 Å². The van der Waals surface area contributed by atoms with Crippen molar-refractivity contribution in [1.82, 2.24) is 4.57 Å². The lowest BCUT2D eigenvalue weighted by atomic mass is 10.0. The predicted octanol–water partition coefficient (Wildman–Crippen LogP) is 13.5. The molecule has 0 aliphatic carbocycles. The molecule has 0 saturated heterocycles. The van der Waals surface area contributed by atoms with Crippen molar-refractivity contribution in [2.75, 3.05) is 4.90 Å². The molecule has 51 heavy (non-hydrogen) atoms. The van der Waals surface area contributed by atoms with E-state index in [0.29, 0.717) is 0 Å². The first-order valence-corrected chi connectivity index (χ1v) is 17.4. The van der Waals surface area contributed by atoms with Gasteiger partial charge in [-0.3, -0.25) is 0 Å². The molecule has 0 fully saturated rings. The summed E-state index contributed by atoms with van der Waals surface area (Å²) in [7, 11) is 0. The molecule has 8 aromatic carbocycles. The summed E-state index contributed by atoms with van der Waals surface area (Å²) in [4.78, 5) is 2.32. The largest absolute Gasteiger partial charge is 0.456 e. The van der Waals surface area contributed by atoms with Crippen LogP contribution in [0.4, 0.5) is 17.1 Å². The smallest absolute Gasteiger partial charge is 0.137 e. The van der Waals surface area contributed by atoms with E-state index in [0.717, 1.165) is 44.7 Å². The van der Waals surface area contributed by atoms with E-state index in [2.05, 4.69) is 204 Å². The van der Waals surface area contributed by atoms with Crippen molar-refractivity contribution in [2.45, 2.75) is 0 Å². The highest BCUT2D eigenvalue weighted by Gasteiger charge is 2.20. The van der Waals surface area contributed by atoms with Crippen LogP contribution in [0.2, 0.25) is 0 Å². The first-order valence-electron chi connectivity index (χ1n) is 17.4. The molecule has 2 aromatic heterocycles. The maximum atomic E-state index is 6.72. The molecule has 0 radical (unpaired) electrons. The SMILES string of the molecule is c1ccc(-c2ccc(N(c3cccc(-c4ccccc4)c3)c3ccc4c(c3)oc3ccc5c(c6ccccc6n5-c5ccccc5)c34)cc2)cc1. The number of furan rings is 1. The molecule has 0 aliphatic rings. The van der Waals surface area contributed by atoms with Gasteiger partial charge < -0.3 is 13.9 Å². The molecule has 3 heteroatoms. The minimum absolute atomic E-state index is 0.858. The number of anilines is 3. The standard InChI is InChI=1S/C48H32N2O/c1-4-13-33(14-5-1)35-23-25-38(26-24-35)49(39-20-12-17-36(31-39)34-15-6-2-7-16-34)40-27-28-42-46(32-40)51-45-30-29-44-47(48(42)45)41-21-10-11-22-43(41)50(44)37-18-8-3-9-19-37/h1-32H. The van der Waals surface area contributed by atoms with Crippen molar-refractivity contribution >= 4 is 60.8 Å². The van der Waals surface area contributed by atoms with Gasteiger partial charge in [0.15, 0.2) is 0 Å². The Hall–Kier alpha value is -6.84. The minimum atomic E-state index is 0.858. The number of aromatic nitrogens is 1. The van der Waals surface area contributed by atoms with Crippen LogP contribution < -0.4 is 4.90 Å². The Bertz CT molecular complexity index is 2830. The van der Waals surface area contributed by atoms with Gasteiger partial charge in [-0.1, -0.05) is 121 Å². The second-order valence-corrected chi connectivity index (χ2v) is 13.0. The summed E-state index contributed by atoms with van der Waals surface area (Å²) < 4.78 is 9.08. The predicted molar refractivity (Wildman–Crippen MR) is 214 cm³/mol. The third kappa shape index (κ3) is 4.90. The van der Waals surface area contributed by atoms with Gasteiger partial charge in [-0.2, -0.15) is 0 Å². The maximum absolute atomic E-state index is 6.72. The van der Waals surface area contributed by atoms with Crippen molar-refractivity contribution in [1.29, 1.82) is 0 Å². The van der Waals surface area contributed by atoms with Crippen LogP contribution in [0.1, 0.15) is 0 Å². The van der Waals surface area contributed by atoms with Crippen LogP contribution in [0.25, 0.3) is 71.7 Å². The average Bonchev–Trinajstić information content (AvgIpc) is 3.75. The number of fused-ring (bicyclic) bond motifs is 7. The van der Waals surface area contributed by atoms with Gasteiger partial charge >= 0.3 is 0 Å². The Balaban J connectivity index is 1.16. The van der Waals surface area contributed by atoms with Gasteiger partial charge in [0.05, 0.1) is 11.0 Å². The Morgan fingerprint density at radius 2 is 0.961 bits per heavy atom. The number of nitrogens with zero attached hydrogens (tertiary/aromatic N) is 2. The lowest BCUT2D eigenvalue weighted by molar-refractivity contribution is 0.669. The van der Waals surface area contributed by atoms with Crippen molar-refractivity contribution in [3.05, 3.63) is 194 Å². The van der Waals surface area contributed by atoms with Crippen LogP contribution in [-0.4, -0.2) is 4.57 Å². The molecule has 0 bridgehead atoms. The van der Waals surface area contributed by atoms with E-state index in [1.165, 1.54) is 44.1 Å². The molecule has 240 valence electrons. The molecule has 0 spiro atoms. The molecule has 0 unspecified atom stereocenters. The zero-order valence-corrected chi connectivity index (χ0v) is 27.8. The van der Waals surface area contributed by atoms with E-state index >= 15 is 0 Å². The zero-order chi connectivity index (χ0) is 33.7. The van der Waals surface area contributed by atoms with E-state index in [4.69, 9.17) is 4.42 Å². The summed E-state index contributed by atoms with van der Waals surface area (Å²) >= 11 is 0. The highest BCUT2D eigenvalue weighted by molar-refractivity contribution is 6.27. The number of hydrogen-bond acceptors (Lipinski definition) is 2. The van der Waals surface area contributed by atoms with Crippen molar-refractivity contribution in [2.24, 2.45) is 0 Å². The molecule has 3 nitrogen and oxygen atoms in total. The van der Waals surface area contributed by atoms with Gasteiger partial charge in [0.2, 0.25) is 0 Å². The minimum Gasteiger partial charge on any atom is -0.456 e. The monoisotopic (exact) mass is 652 g/mol. The third-order valence-electron chi connectivity index (χ3n) is 9.97. The number of benzene rings is 8. The molecule has 0 amide bonds. The number of rotatable bonds is 6. The normalized spacial score (nSPS) is 11.5. The van der Waals surface area contributed by atoms with Crippen LogP contribution in [0, 0.1) is 0 Å². The molecule has 0 aliphatic heterocycles. The first-order chi connectivity index (χ1) is 25.3. The highest BCUT2D eigenvalue weighted by Crippen LogP contribution is 2.44. The summed E-state index contributed by atoms with van der Waals surface area (Å²) in [6, 6.07) is 68.9. The molecule has 10 rings (SSSR count). The average molecular weight is 653 g/mol. The topological polar surface area (TPSA) is 21.3 Å². The molecular weight excluding hydrogens is 621 g/mol. The molecule has 0 N–H and O–H groups in total. The van der Waals surface area contributed by atoms with Crippen LogP contribution >= 0.6 is 0 Å². The third-order valence-corrected chi connectivity index (χ3v) is 9.97. The van der Waals surface area contributed by atoms with Crippen molar-refractivity contribution in [3.63, 3.8) is 0 Å². The van der Waals surface area contributed by atoms with Gasteiger partial charge in [0.1, 0.15) is 11.2 Å². The molecule has 0 atom stereocenters. The second kappa shape index (κ2) is 11.9. The Morgan fingerprint density at radius 1 is 0.353 bits per heavy atom. The van der Waals surface area contributed by atoms with Gasteiger partial charge in [-0.05, 0) is 89.0 Å². The highest BCUT2D eigenvalue weighted by atomic mass is 16.3. The Morgan fingerprint density at radius 3 is 1.73 bits per heavy atom. The lowest BCUT2D eigenvalue weighted by Gasteiger charge is -2.26. The quantitative estimate of drug-likeness (QED) is 0.178. The maximum Gasteiger partial charge on any atom is 0.137 e.